The number of halogens is 4. The summed E-state index contributed by atoms with van der Waals surface area (Å²) in [7, 11) is -3.92. The van der Waals surface area contributed by atoms with Crippen LogP contribution in [-0.4, -0.2) is 49.5 Å². The van der Waals surface area contributed by atoms with E-state index < -0.39 is 40.0 Å². The number of hydrogen-bond acceptors (Lipinski definition) is 4. The SMILES string of the molecule is C[C@H](C(=O)NC(C)(C)C)N(Cc1ccc(Cl)c(Cl)c1)C(=O)CN(c1ccc(Cl)cc1Cl)S(C)(=O)=O. The van der Waals surface area contributed by atoms with Gasteiger partial charge in [0.1, 0.15) is 12.6 Å². The summed E-state index contributed by atoms with van der Waals surface area (Å²) in [6, 6.07) is 8.18. The van der Waals surface area contributed by atoms with Crippen LogP contribution in [0.1, 0.15) is 33.3 Å². The maximum absolute atomic E-state index is 13.5. The molecule has 0 fully saturated rings. The van der Waals surface area contributed by atoms with E-state index in [9.17, 15) is 18.0 Å². The molecule has 0 aromatic heterocycles. The number of sulfonamides is 1. The maximum Gasteiger partial charge on any atom is 0.244 e. The van der Waals surface area contributed by atoms with Crippen LogP contribution in [0.2, 0.25) is 20.1 Å². The van der Waals surface area contributed by atoms with Crippen molar-refractivity contribution in [1.82, 2.24) is 10.2 Å². The lowest BCUT2D eigenvalue weighted by Crippen LogP contribution is -2.54. The van der Waals surface area contributed by atoms with Crippen molar-refractivity contribution in [3.05, 3.63) is 62.1 Å². The van der Waals surface area contributed by atoms with Gasteiger partial charge >= 0.3 is 0 Å². The topological polar surface area (TPSA) is 86.8 Å². The minimum atomic E-state index is -3.92. The van der Waals surface area contributed by atoms with Gasteiger partial charge in [0.15, 0.2) is 0 Å². The van der Waals surface area contributed by atoms with Crippen LogP contribution in [0.4, 0.5) is 5.69 Å². The third kappa shape index (κ3) is 8.43. The summed E-state index contributed by atoms with van der Waals surface area (Å²) >= 11 is 24.3. The molecule has 1 N–H and O–H groups in total. The third-order valence-electron chi connectivity index (χ3n) is 4.86. The van der Waals surface area contributed by atoms with Crippen molar-refractivity contribution in [3.63, 3.8) is 0 Å². The summed E-state index contributed by atoms with van der Waals surface area (Å²) in [4.78, 5) is 27.8. The van der Waals surface area contributed by atoms with Crippen molar-refractivity contribution in [2.45, 2.75) is 45.8 Å². The molecule has 2 rings (SSSR count). The van der Waals surface area contributed by atoms with Crippen LogP contribution in [0.5, 0.6) is 0 Å². The molecule has 2 aromatic carbocycles. The minimum absolute atomic E-state index is 0.0135. The van der Waals surface area contributed by atoms with E-state index in [1.54, 1.807) is 25.1 Å². The fourth-order valence-electron chi connectivity index (χ4n) is 3.17. The Bertz CT molecular complexity index is 1220. The predicted octanol–water partition coefficient (Wildman–Crippen LogP) is 5.40. The van der Waals surface area contributed by atoms with Crippen LogP contribution in [0.25, 0.3) is 0 Å². The van der Waals surface area contributed by atoms with Crippen LogP contribution in [0.15, 0.2) is 36.4 Å². The Hall–Kier alpha value is -1.71. The first kappa shape index (κ1) is 29.5. The number of nitrogens with one attached hydrogen (secondary N) is 1. The molecule has 192 valence electrons. The summed E-state index contributed by atoms with van der Waals surface area (Å²) in [5.41, 5.74) is 0.158. The van der Waals surface area contributed by atoms with E-state index in [0.717, 1.165) is 10.6 Å². The number of nitrogens with zero attached hydrogens (tertiary/aromatic N) is 2. The van der Waals surface area contributed by atoms with Crippen molar-refractivity contribution in [1.29, 1.82) is 0 Å². The second-order valence-electron chi connectivity index (χ2n) is 9.05. The van der Waals surface area contributed by atoms with E-state index in [1.807, 2.05) is 20.8 Å². The molecular formula is C23H27Cl4N3O4S. The van der Waals surface area contributed by atoms with E-state index in [4.69, 9.17) is 46.4 Å². The average Bonchev–Trinajstić information content (AvgIpc) is 2.70. The number of carbonyl (C=O) groups excluding carboxylic acids is 2. The zero-order valence-electron chi connectivity index (χ0n) is 19.9. The number of rotatable bonds is 8. The Morgan fingerprint density at radius 3 is 2.11 bits per heavy atom. The van der Waals surface area contributed by atoms with Gasteiger partial charge in [0, 0.05) is 17.1 Å². The van der Waals surface area contributed by atoms with Gasteiger partial charge in [-0.1, -0.05) is 52.5 Å². The van der Waals surface area contributed by atoms with Gasteiger partial charge in [-0.05, 0) is 63.6 Å². The van der Waals surface area contributed by atoms with E-state index in [2.05, 4.69) is 5.32 Å². The number of benzene rings is 2. The molecule has 1 atom stereocenters. The molecule has 0 spiro atoms. The highest BCUT2D eigenvalue weighted by atomic mass is 35.5. The largest absolute Gasteiger partial charge is 0.350 e. The van der Waals surface area contributed by atoms with Crippen LogP contribution >= 0.6 is 46.4 Å². The summed E-state index contributed by atoms with van der Waals surface area (Å²) < 4.78 is 26.1. The molecular weight excluding hydrogens is 556 g/mol. The van der Waals surface area contributed by atoms with Crippen molar-refractivity contribution in [2.75, 3.05) is 17.1 Å². The van der Waals surface area contributed by atoms with Gasteiger partial charge in [-0.25, -0.2) is 8.42 Å². The Balaban J connectivity index is 2.46. The number of carbonyl (C=O) groups is 2. The molecule has 7 nitrogen and oxygen atoms in total. The number of hydrogen-bond donors (Lipinski definition) is 1. The molecule has 0 bridgehead atoms. The molecule has 2 amide bonds. The van der Waals surface area contributed by atoms with Crippen LogP contribution in [0, 0.1) is 0 Å². The van der Waals surface area contributed by atoms with Crippen molar-refractivity contribution < 1.29 is 18.0 Å². The van der Waals surface area contributed by atoms with Crippen LogP contribution in [-0.2, 0) is 26.2 Å². The molecule has 0 aliphatic rings. The predicted molar refractivity (Wildman–Crippen MR) is 143 cm³/mol. The van der Waals surface area contributed by atoms with Gasteiger partial charge < -0.3 is 10.2 Å². The van der Waals surface area contributed by atoms with Gasteiger partial charge in [-0.2, -0.15) is 0 Å². The standard InChI is InChI=1S/C23H27Cl4N3O4S/c1-14(22(32)28-23(2,3)4)29(12-15-6-8-17(25)18(26)10-15)21(31)13-30(35(5,33)34)20-9-7-16(24)11-19(20)27/h6-11,14H,12-13H2,1-5H3,(H,28,32)/t14-/m1/s1. The summed E-state index contributed by atoms with van der Waals surface area (Å²) in [6.07, 6.45) is 0.963. The first-order valence-corrected chi connectivity index (χ1v) is 13.8. The first-order valence-electron chi connectivity index (χ1n) is 10.5. The smallest absolute Gasteiger partial charge is 0.244 e. The summed E-state index contributed by atoms with van der Waals surface area (Å²) in [5.74, 6) is -1.02. The summed E-state index contributed by atoms with van der Waals surface area (Å²) in [5, 5.41) is 3.84. The highest BCUT2D eigenvalue weighted by Crippen LogP contribution is 2.31. The van der Waals surface area contributed by atoms with E-state index >= 15 is 0 Å². The molecule has 0 radical (unpaired) electrons. The Kier molecular flexibility index (Phi) is 9.75. The van der Waals surface area contributed by atoms with E-state index in [1.165, 1.54) is 23.1 Å². The van der Waals surface area contributed by atoms with Crippen LogP contribution < -0.4 is 9.62 Å². The monoisotopic (exact) mass is 581 g/mol. The fourth-order valence-corrected chi connectivity index (χ4v) is 4.91. The van der Waals surface area contributed by atoms with Gasteiger partial charge in [0.05, 0.1) is 27.0 Å². The molecule has 35 heavy (non-hydrogen) atoms. The van der Waals surface area contributed by atoms with Gasteiger partial charge in [0.2, 0.25) is 21.8 Å². The Morgan fingerprint density at radius 1 is 0.971 bits per heavy atom. The maximum atomic E-state index is 13.5. The van der Waals surface area contributed by atoms with Gasteiger partial charge in [-0.3, -0.25) is 13.9 Å². The zero-order chi connectivity index (χ0) is 26.7. The Morgan fingerprint density at radius 2 is 1.60 bits per heavy atom. The summed E-state index contributed by atoms with van der Waals surface area (Å²) in [6.45, 7) is 6.41. The Labute approximate surface area is 226 Å². The van der Waals surface area contributed by atoms with Crippen molar-refractivity contribution in [3.8, 4) is 0 Å². The minimum Gasteiger partial charge on any atom is -0.350 e. The number of anilines is 1. The van der Waals surface area contributed by atoms with Crippen LogP contribution in [0.3, 0.4) is 0 Å². The molecule has 0 aliphatic heterocycles. The van der Waals surface area contributed by atoms with E-state index in [-0.39, 0.29) is 22.3 Å². The zero-order valence-corrected chi connectivity index (χ0v) is 23.7. The molecule has 0 unspecified atom stereocenters. The van der Waals surface area contributed by atoms with Gasteiger partial charge in [0.25, 0.3) is 0 Å². The highest BCUT2D eigenvalue weighted by molar-refractivity contribution is 7.92. The molecule has 12 heteroatoms. The van der Waals surface area contributed by atoms with Gasteiger partial charge in [-0.15, -0.1) is 0 Å². The first-order chi connectivity index (χ1) is 16.0. The highest BCUT2D eigenvalue weighted by Gasteiger charge is 2.32. The lowest BCUT2D eigenvalue weighted by Gasteiger charge is -2.33. The molecule has 2 aromatic rings. The molecule has 0 heterocycles. The lowest BCUT2D eigenvalue weighted by molar-refractivity contribution is -0.140. The fraction of sp³-hybridized carbons (Fsp3) is 0.391. The third-order valence-corrected chi connectivity index (χ3v) is 7.26. The molecule has 0 saturated heterocycles. The van der Waals surface area contributed by atoms with E-state index in [0.29, 0.717) is 15.6 Å². The molecule has 0 saturated carbocycles. The molecule has 0 aliphatic carbocycles. The van der Waals surface area contributed by atoms with Crippen molar-refractivity contribution >= 4 is 73.9 Å². The van der Waals surface area contributed by atoms with Crippen molar-refractivity contribution in [2.24, 2.45) is 0 Å². The lowest BCUT2D eigenvalue weighted by atomic mass is 10.1. The second-order valence-corrected chi connectivity index (χ2v) is 12.6. The number of amides is 2. The quantitative estimate of drug-likeness (QED) is 0.451. The average molecular weight is 583 g/mol. The second kappa shape index (κ2) is 11.6. The normalized spacial score (nSPS) is 12.7.